The molecule has 1 amide bonds. The molecule has 2 aromatic heterocycles. The van der Waals surface area contributed by atoms with Gasteiger partial charge in [0.15, 0.2) is 28.5 Å². The van der Waals surface area contributed by atoms with Crippen LogP contribution in [0.15, 0.2) is 24.3 Å². The molecule has 8 nitrogen and oxygen atoms in total. The van der Waals surface area contributed by atoms with Gasteiger partial charge in [0.25, 0.3) is 5.91 Å². The maximum atomic E-state index is 13.9. The Labute approximate surface area is 206 Å². The van der Waals surface area contributed by atoms with Crippen molar-refractivity contribution < 1.29 is 32.3 Å². The van der Waals surface area contributed by atoms with Gasteiger partial charge in [-0.05, 0) is 38.1 Å². The molecule has 35 heavy (non-hydrogen) atoms. The molecule has 0 saturated carbocycles. The minimum Gasteiger partial charge on any atom is -0.493 e. The minimum atomic E-state index is -4.78. The molecule has 2 heterocycles. The molecule has 0 aliphatic carbocycles. The van der Waals surface area contributed by atoms with Crippen molar-refractivity contribution in [2.45, 2.75) is 26.4 Å². The van der Waals surface area contributed by atoms with Gasteiger partial charge in [-0.1, -0.05) is 11.6 Å². The predicted molar refractivity (Wildman–Crippen MR) is 125 cm³/mol. The van der Waals surface area contributed by atoms with Gasteiger partial charge >= 0.3 is 6.18 Å². The molecule has 0 atom stereocenters. The minimum absolute atomic E-state index is 0.0123. The largest absolute Gasteiger partial charge is 0.493 e. The number of nitrogens with zero attached hydrogens (tertiary/aromatic N) is 3. The van der Waals surface area contributed by atoms with E-state index in [0.29, 0.717) is 34.5 Å². The van der Waals surface area contributed by atoms with E-state index in [1.165, 1.54) is 25.2 Å². The van der Waals surface area contributed by atoms with Crippen LogP contribution in [-0.2, 0) is 6.18 Å². The SMILES string of the molecule is CC[NH+](CC)CCCNC(=O)c1nn2c(C(F)(F)F)cc(-c3ccc(OC)c(OC)c3)nc2c1Cl. The lowest BCUT2D eigenvalue weighted by Gasteiger charge is -2.14. The van der Waals surface area contributed by atoms with Crippen molar-refractivity contribution in [3.63, 3.8) is 0 Å². The van der Waals surface area contributed by atoms with Crippen LogP contribution in [0, 0.1) is 0 Å². The zero-order valence-corrected chi connectivity index (χ0v) is 20.7. The highest BCUT2D eigenvalue weighted by molar-refractivity contribution is 6.36. The third-order valence-corrected chi connectivity index (χ3v) is 6.06. The van der Waals surface area contributed by atoms with Gasteiger partial charge in [0.05, 0.1) is 39.5 Å². The summed E-state index contributed by atoms with van der Waals surface area (Å²) in [5.41, 5.74) is -1.37. The van der Waals surface area contributed by atoms with Gasteiger partial charge in [0.1, 0.15) is 5.02 Å². The molecular weight excluding hydrogens is 487 g/mol. The molecule has 0 saturated heterocycles. The average Bonchev–Trinajstić information content (AvgIpc) is 3.18. The monoisotopic (exact) mass is 514 g/mol. The highest BCUT2D eigenvalue weighted by Gasteiger charge is 2.36. The normalized spacial score (nSPS) is 11.8. The lowest BCUT2D eigenvalue weighted by atomic mass is 10.1. The van der Waals surface area contributed by atoms with Crippen LogP contribution in [0.3, 0.4) is 0 Å². The number of ether oxygens (including phenoxy) is 2. The van der Waals surface area contributed by atoms with E-state index in [0.717, 1.165) is 25.7 Å². The Morgan fingerprint density at radius 3 is 2.43 bits per heavy atom. The van der Waals surface area contributed by atoms with Gasteiger partial charge in [0, 0.05) is 18.5 Å². The molecule has 1 aromatic carbocycles. The maximum Gasteiger partial charge on any atom is 0.433 e. The first-order valence-electron chi connectivity index (χ1n) is 11.1. The molecule has 190 valence electrons. The quantitative estimate of drug-likeness (QED) is 0.406. The molecule has 0 aliphatic rings. The van der Waals surface area contributed by atoms with Crippen LogP contribution >= 0.6 is 11.6 Å². The molecule has 12 heteroatoms. The molecule has 3 aromatic rings. The standard InChI is InChI=1S/C23H27ClF3N5O3/c1-5-31(6-2)11-7-10-28-22(33)20-19(24)21-29-15(13-18(23(25,26)27)32(21)30-20)14-8-9-16(34-3)17(12-14)35-4/h8-9,12-13H,5-7,10-11H2,1-4H3,(H,28,33)/p+1. The summed E-state index contributed by atoms with van der Waals surface area (Å²) in [6, 6.07) is 5.47. The van der Waals surface area contributed by atoms with Gasteiger partial charge in [-0.3, -0.25) is 4.79 Å². The number of alkyl halides is 3. The fraction of sp³-hybridized carbons (Fsp3) is 0.435. The van der Waals surface area contributed by atoms with E-state index in [2.05, 4.69) is 29.2 Å². The lowest BCUT2D eigenvalue weighted by molar-refractivity contribution is -0.896. The second kappa shape index (κ2) is 11.1. The highest BCUT2D eigenvalue weighted by atomic mass is 35.5. The van der Waals surface area contributed by atoms with Crippen molar-refractivity contribution in [2.75, 3.05) is 40.4 Å². The van der Waals surface area contributed by atoms with Gasteiger partial charge in [-0.2, -0.15) is 18.3 Å². The summed E-state index contributed by atoms with van der Waals surface area (Å²) in [6.45, 7) is 7.31. The number of halogens is 4. The highest BCUT2D eigenvalue weighted by Crippen LogP contribution is 2.36. The lowest BCUT2D eigenvalue weighted by Crippen LogP contribution is -3.11. The number of quaternary nitrogens is 1. The second-order valence-corrected chi connectivity index (χ2v) is 8.19. The molecule has 2 N–H and O–H groups in total. The molecular formula is C23H28ClF3N5O3+. The smallest absolute Gasteiger partial charge is 0.433 e. The number of rotatable bonds is 10. The summed E-state index contributed by atoms with van der Waals surface area (Å²) in [6.07, 6.45) is -4.06. The summed E-state index contributed by atoms with van der Waals surface area (Å²) < 4.78 is 52.8. The summed E-state index contributed by atoms with van der Waals surface area (Å²) in [5, 5.41) is 6.29. The topological polar surface area (TPSA) is 82.2 Å². The van der Waals surface area contributed by atoms with Crippen molar-refractivity contribution >= 4 is 23.2 Å². The molecule has 0 fully saturated rings. The van der Waals surface area contributed by atoms with E-state index in [-0.39, 0.29) is 22.1 Å². The van der Waals surface area contributed by atoms with E-state index >= 15 is 0 Å². The number of nitrogens with one attached hydrogen (secondary N) is 2. The van der Waals surface area contributed by atoms with Crippen LogP contribution in [-0.4, -0.2) is 60.9 Å². The average molecular weight is 515 g/mol. The van der Waals surface area contributed by atoms with Crippen molar-refractivity contribution in [1.29, 1.82) is 0 Å². The number of hydrogen-bond acceptors (Lipinski definition) is 5. The first kappa shape index (κ1) is 26.6. The Balaban J connectivity index is 1.98. The van der Waals surface area contributed by atoms with Crippen LogP contribution in [0.5, 0.6) is 11.5 Å². The number of benzene rings is 1. The van der Waals surface area contributed by atoms with E-state index in [1.807, 2.05) is 0 Å². The zero-order chi connectivity index (χ0) is 25.8. The zero-order valence-electron chi connectivity index (χ0n) is 19.9. The number of aromatic nitrogens is 3. The fourth-order valence-corrected chi connectivity index (χ4v) is 3.96. The number of methoxy groups -OCH3 is 2. The molecule has 0 spiro atoms. The van der Waals surface area contributed by atoms with Gasteiger partial charge in [-0.15, -0.1) is 0 Å². The molecule has 0 aliphatic heterocycles. The summed E-state index contributed by atoms with van der Waals surface area (Å²) in [4.78, 5) is 18.3. The van der Waals surface area contributed by atoms with Crippen LogP contribution in [0.4, 0.5) is 13.2 Å². The number of fused-ring (bicyclic) bond motifs is 1. The van der Waals surface area contributed by atoms with Crippen LogP contribution < -0.4 is 19.7 Å². The molecule has 0 radical (unpaired) electrons. The van der Waals surface area contributed by atoms with E-state index in [4.69, 9.17) is 21.1 Å². The van der Waals surface area contributed by atoms with Crippen molar-refractivity contribution in [3.8, 4) is 22.8 Å². The summed E-state index contributed by atoms with van der Waals surface area (Å²) in [5.74, 6) is 0.0830. The number of amides is 1. The maximum absolute atomic E-state index is 13.9. The first-order chi connectivity index (χ1) is 16.6. The summed E-state index contributed by atoms with van der Waals surface area (Å²) >= 11 is 6.33. The Morgan fingerprint density at radius 2 is 1.83 bits per heavy atom. The fourth-order valence-electron chi connectivity index (χ4n) is 3.71. The number of carbonyl (C=O) groups excluding carboxylic acids is 1. The van der Waals surface area contributed by atoms with E-state index in [1.54, 1.807) is 12.1 Å². The first-order valence-corrected chi connectivity index (χ1v) is 11.5. The Hall–Kier alpha value is -3.05. The van der Waals surface area contributed by atoms with E-state index < -0.39 is 17.8 Å². The van der Waals surface area contributed by atoms with Crippen LogP contribution in [0.1, 0.15) is 36.5 Å². The van der Waals surface area contributed by atoms with Gasteiger partial charge in [-0.25, -0.2) is 9.50 Å². The van der Waals surface area contributed by atoms with Gasteiger partial charge < -0.3 is 19.7 Å². The summed E-state index contributed by atoms with van der Waals surface area (Å²) in [7, 11) is 2.87. The van der Waals surface area contributed by atoms with Crippen molar-refractivity contribution in [2.24, 2.45) is 0 Å². The van der Waals surface area contributed by atoms with Crippen LogP contribution in [0.25, 0.3) is 16.9 Å². The number of carbonyl (C=O) groups is 1. The Morgan fingerprint density at radius 1 is 1.14 bits per heavy atom. The van der Waals surface area contributed by atoms with Crippen LogP contribution in [0.2, 0.25) is 5.02 Å². The van der Waals surface area contributed by atoms with E-state index in [9.17, 15) is 18.0 Å². The molecule has 0 bridgehead atoms. The van der Waals surface area contributed by atoms with Gasteiger partial charge in [0.2, 0.25) is 0 Å². The third-order valence-electron chi connectivity index (χ3n) is 5.71. The Bertz CT molecular complexity index is 1200. The third kappa shape index (κ3) is 5.79. The molecule has 3 rings (SSSR count). The Kier molecular flexibility index (Phi) is 8.44. The molecule has 0 unspecified atom stereocenters. The second-order valence-electron chi connectivity index (χ2n) is 7.81. The predicted octanol–water partition coefficient (Wildman–Crippen LogP) is 3.13. The van der Waals surface area contributed by atoms with Crippen molar-refractivity contribution in [1.82, 2.24) is 19.9 Å². The van der Waals surface area contributed by atoms with Crippen molar-refractivity contribution in [3.05, 3.63) is 40.7 Å². The number of hydrogen-bond donors (Lipinski definition) is 2.